The average Bonchev–Trinajstić information content (AvgIpc) is 2.96. The molecule has 0 aliphatic heterocycles. The van der Waals surface area contributed by atoms with E-state index in [4.69, 9.17) is 10.1 Å². The Balaban J connectivity index is 0. The van der Waals surface area contributed by atoms with Gasteiger partial charge in [-0.05, 0) is 6.92 Å². The van der Waals surface area contributed by atoms with Crippen LogP contribution >= 0.6 is 0 Å². The molecule has 0 spiro atoms. The van der Waals surface area contributed by atoms with Crippen molar-refractivity contribution in [1.82, 2.24) is 0 Å². The molecular formula is C13H13FeNO-6. The van der Waals surface area contributed by atoms with Crippen LogP contribution in [0.15, 0.2) is 54.6 Å². The predicted octanol–water partition coefficient (Wildman–Crippen LogP) is 2.89. The molecule has 90 valence electrons. The number of aldehydes is 1. The van der Waals surface area contributed by atoms with Gasteiger partial charge in [0.1, 0.15) is 6.29 Å². The van der Waals surface area contributed by atoms with E-state index >= 15 is 0 Å². The van der Waals surface area contributed by atoms with Gasteiger partial charge >= 0.3 is 0 Å². The molecule has 0 unspecified atom stereocenters. The van der Waals surface area contributed by atoms with Crippen LogP contribution in [0.25, 0.3) is 0 Å². The number of nitrogens with zero attached hydrogens (tertiary/aromatic N) is 1. The molecule has 0 bridgehead atoms. The SMILES string of the molecule is CC=O.N#C[c-]1cccc1.[Fe].[cH-]1[cH-][cH-][cH-][cH-]1. The van der Waals surface area contributed by atoms with Gasteiger partial charge < -0.3 is 35.1 Å². The minimum absolute atomic E-state index is 0. The van der Waals surface area contributed by atoms with Crippen LogP contribution in [0.4, 0.5) is 0 Å². The predicted molar refractivity (Wildman–Crippen MR) is 60.5 cm³/mol. The van der Waals surface area contributed by atoms with Gasteiger partial charge in [0.15, 0.2) is 0 Å². The first-order chi connectivity index (χ1) is 7.35. The van der Waals surface area contributed by atoms with Crippen molar-refractivity contribution in [2.45, 2.75) is 6.92 Å². The maximum absolute atomic E-state index is 8.81. The van der Waals surface area contributed by atoms with Crippen LogP contribution in [0, 0.1) is 11.3 Å². The Morgan fingerprint density at radius 2 is 1.44 bits per heavy atom. The average molecular weight is 255 g/mol. The van der Waals surface area contributed by atoms with Gasteiger partial charge in [0.25, 0.3) is 0 Å². The van der Waals surface area contributed by atoms with Gasteiger partial charge in [-0.2, -0.15) is 12.1 Å². The molecule has 3 heteroatoms. The Kier molecular flexibility index (Phi) is 14.0. The molecule has 2 nitrogen and oxygen atoms in total. The summed E-state index contributed by atoms with van der Waals surface area (Å²) in [5, 5.41) is 8.18. The van der Waals surface area contributed by atoms with E-state index < -0.39 is 0 Å². The van der Waals surface area contributed by atoms with Gasteiger partial charge in [-0.3, -0.25) is 0 Å². The van der Waals surface area contributed by atoms with Crippen molar-refractivity contribution in [3.05, 3.63) is 60.2 Å². The van der Waals surface area contributed by atoms with E-state index in [1.54, 1.807) is 12.1 Å². The second-order valence-electron chi connectivity index (χ2n) is 2.48. The summed E-state index contributed by atoms with van der Waals surface area (Å²) in [5.74, 6) is 0. The van der Waals surface area contributed by atoms with Gasteiger partial charge in [-0.15, -0.1) is 0 Å². The first kappa shape index (κ1) is 16.8. The van der Waals surface area contributed by atoms with Crippen molar-refractivity contribution < 1.29 is 21.9 Å². The fraction of sp³-hybridized carbons (Fsp3) is 0.0769. The summed E-state index contributed by atoms with van der Waals surface area (Å²) < 4.78 is 0. The molecule has 0 saturated carbocycles. The molecule has 0 N–H and O–H groups in total. The van der Waals surface area contributed by atoms with Crippen LogP contribution in [-0.2, 0) is 21.9 Å². The summed E-state index contributed by atoms with van der Waals surface area (Å²) in [4.78, 5) is 8.81. The zero-order valence-electron chi connectivity index (χ0n) is 8.98. The molecule has 2 aromatic rings. The van der Waals surface area contributed by atoms with E-state index in [9.17, 15) is 0 Å². The summed E-state index contributed by atoms with van der Waals surface area (Å²) in [6, 6.07) is 19.3. The van der Waals surface area contributed by atoms with E-state index in [1.165, 1.54) is 6.92 Å². The van der Waals surface area contributed by atoms with Gasteiger partial charge in [0, 0.05) is 23.1 Å². The van der Waals surface area contributed by atoms with Crippen molar-refractivity contribution in [2.75, 3.05) is 0 Å². The third-order valence-electron chi connectivity index (χ3n) is 1.35. The zero-order valence-corrected chi connectivity index (χ0v) is 10.1. The van der Waals surface area contributed by atoms with Crippen molar-refractivity contribution in [1.29, 1.82) is 5.26 Å². The quantitative estimate of drug-likeness (QED) is 0.412. The first-order valence-electron chi connectivity index (χ1n) is 4.53. The number of carbonyl (C=O) groups excluding carboxylic acids is 1. The molecular weight excluding hydrogens is 242 g/mol. The van der Waals surface area contributed by atoms with Crippen molar-refractivity contribution in [3.63, 3.8) is 0 Å². The molecule has 0 radical (unpaired) electrons. The maximum Gasteiger partial charge on any atom is 0.116 e. The third kappa shape index (κ3) is 10.5. The summed E-state index contributed by atoms with van der Waals surface area (Å²) in [6.07, 6.45) is 0.750. The molecule has 2 rings (SSSR count). The molecule has 0 saturated heterocycles. The van der Waals surface area contributed by atoms with Crippen LogP contribution in [0.5, 0.6) is 0 Å². The normalized spacial score (nSPS) is 6.75. The molecule has 2 aromatic carbocycles. The minimum Gasteiger partial charge on any atom is -0.748 e. The van der Waals surface area contributed by atoms with E-state index in [2.05, 4.69) is 0 Å². The summed E-state index contributed by atoms with van der Waals surface area (Å²) in [7, 11) is 0. The number of hydrogen-bond acceptors (Lipinski definition) is 2. The van der Waals surface area contributed by atoms with Crippen LogP contribution in [-0.4, -0.2) is 6.29 Å². The smallest absolute Gasteiger partial charge is 0.116 e. The van der Waals surface area contributed by atoms with Crippen LogP contribution in [0.1, 0.15) is 12.5 Å². The Bertz CT molecular complexity index is 340. The second kappa shape index (κ2) is 13.4. The van der Waals surface area contributed by atoms with Crippen molar-refractivity contribution in [2.24, 2.45) is 0 Å². The topological polar surface area (TPSA) is 40.9 Å². The molecule has 0 aromatic heterocycles. The van der Waals surface area contributed by atoms with Crippen molar-refractivity contribution in [3.8, 4) is 6.07 Å². The molecule has 0 heterocycles. The molecule has 0 aliphatic rings. The maximum atomic E-state index is 8.81. The first-order valence-corrected chi connectivity index (χ1v) is 4.53. The van der Waals surface area contributed by atoms with Crippen LogP contribution in [0.3, 0.4) is 0 Å². The Hall–Kier alpha value is -1.62. The molecule has 16 heavy (non-hydrogen) atoms. The van der Waals surface area contributed by atoms with E-state index in [1.807, 2.05) is 48.5 Å². The fourth-order valence-corrected chi connectivity index (χ4v) is 0.769. The largest absolute Gasteiger partial charge is 0.748 e. The van der Waals surface area contributed by atoms with Crippen LogP contribution in [0.2, 0.25) is 0 Å². The summed E-state index contributed by atoms with van der Waals surface area (Å²) in [6.45, 7) is 1.44. The Morgan fingerprint density at radius 1 is 1.12 bits per heavy atom. The molecule has 0 amide bonds. The zero-order chi connectivity index (χ0) is 11.4. The number of hydrogen-bond donors (Lipinski definition) is 0. The Morgan fingerprint density at radius 3 is 1.62 bits per heavy atom. The molecule has 0 atom stereocenters. The number of nitriles is 1. The second-order valence-corrected chi connectivity index (χ2v) is 2.48. The van der Waals surface area contributed by atoms with Crippen LogP contribution < -0.4 is 0 Å². The minimum atomic E-state index is 0. The Labute approximate surface area is 107 Å². The van der Waals surface area contributed by atoms with Gasteiger partial charge in [-0.1, -0.05) is 5.56 Å². The van der Waals surface area contributed by atoms with Gasteiger partial charge in [0.05, 0.1) is 0 Å². The fourth-order valence-electron chi connectivity index (χ4n) is 0.769. The monoisotopic (exact) mass is 255 g/mol. The third-order valence-corrected chi connectivity index (χ3v) is 1.35. The van der Waals surface area contributed by atoms with E-state index in [0.717, 1.165) is 11.8 Å². The van der Waals surface area contributed by atoms with E-state index in [-0.39, 0.29) is 17.1 Å². The van der Waals surface area contributed by atoms with E-state index in [0.29, 0.717) is 0 Å². The van der Waals surface area contributed by atoms with Gasteiger partial charge in [-0.25, -0.2) is 17.4 Å². The molecule has 0 fully saturated rings. The van der Waals surface area contributed by atoms with Crippen molar-refractivity contribution >= 4 is 6.29 Å². The summed E-state index contributed by atoms with van der Waals surface area (Å²) in [5.41, 5.74) is 0.736. The number of rotatable bonds is 0. The molecule has 0 aliphatic carbocycles. The summed E-state index contributed by atoms with van der Waals surface area (Å²) >= 11 is 0. The number of carbonyl (C=O) groups is 1. The standard InChI is InChI=1S/C6H4N.C5H5.C2H4O.Fe/c7-5-6-3-1-2-4-6;1-2-4-5-3-1;1-2-3;/h1-4H;1-5H;2H,1H3;/q-1;-5;;. The van der Waals surface area contributed by atoms with Gasteiger partial charge in [0.2, 0.25) is 0 Å².